The Balaban J connectivity index is 1.81. The van der Waals surface area contributed by atoms with Gasteiger partial charge in [0, 0.05) is 26.6 Å². The fourth-order valence-electron chi connectivity index (χ4n) is 2.55. The van der Waals surface area contributed by atoms with Crippen molar-refractivity contribution < 1.29 is 19.1 Å². The van der Waals surface area contributed by atoms with E-state index < -0.39 is 5.60 Å². The van der Waals surface area contributed by atoms with Crippen LogP contribution in [0.4, 0.5) is 4.79 Å². The second-order valence-corrected chi connectivity index (χ2v) is 5.29. The highest BCUT2D eigenvalue weighted by Crippen LogP contribution is 2.28. The van der Waals surface area contributed by atoms with Gasteiger partial charge in [-0.15, -0.1) is 0 Å². The predicted octanol–water partition coefficient (Wildman–Crippen LogP) is 2.39. The van der Waals surface area contributed by atoms with Crippen LogP contribution in [0.5, 0.6) is 0 Å². The predicted molar refractivity (Wildman–Crippen MR) is 77.9 cm³/mol. The zero-order chi connectivity index (χ0) is 15.1. The number of ether oxygens (including phenoxy) is 2. The van der Waals surface area contributed by atoms with Gasteiger partial charge >= 0.3 is 6.09 Å². The van der Waals surface area contributed by atoms with Crippen LogP contribution in [0.15, 0.2) is 30.3 Å². The standard InChI is InChI=1S/C16H21NO4/c1-20-16(9-12-18)7-10-17(11-8-16)15(19)21-13-14-5-3-2-4-6-14/h2-6,12H,7-11,13H2,1H3. The summed E-state index contributed by atoms with van der Waals surface area (Å²) < 4.78 is 10.8. The van der Waals surface area contributed by atoms with Crippen LogP contribution in [0.2, 0.25) is 0 Å². The highest BCUT2D eigenvalue weighted by Gasteiger charge is 2.36. The van der Waals surface area contributed by atoms with Crippen LogP contribution in [-0.4, -0.2) is 43.1 Å². The Labute approximate surface area is 124 Å². The van der Waals surface area contributed by atoms with Crippen molar-refractivity contribution in [2.75, 3.05) is 20.2 Å². The summed E-state index contributed by atoms with van der Waals surface area (Å²) in [5.74, 6) is 0. The molecule has 2 rings (SSSR count). The van der Waals surface area contributed by atoms with Gasteiger partial charge < -0.3 is 19.2 Å². The maximum Gasteiger partial charge on any atom is 0.410 e. The molecule has 0 atom stereocenters. The van der Waals surface area contributed by atoms with Crippen molar-refractivity contribution in [3.05, 3.63) is 35.9 Å². The fraction of sp³-hybridized carbons (Fsp3) is 0.500. The van der Waals surface area contributed by atoms with Crippen molar-refractivity contribution >= 4 is 12.4 Å². The van der Waals surface area contributed by atoms with Crippen molar-refractivity contribution in [2.24, 2.45) is 0 Å². The Hall–Kier alpha value is -1.88. The van der Waals surface area contributed by atoms with E-state index in [2.05, 4.69) is 0 Å². The first-order valence-corrected chi connectivity index (χ1v) is 7.13. The number of piperidine rings is 1. The zero-order valence-corrected chi connectivity index (χ0v) is 12.3. The number of rotatable bonds is 5. The first-order valence-electron chi connectivity index (χ1n) is 7.13. The number of likely N-dealkylation sites (tertiary alicyclic amines) is 1. The highest BCUT2D eigenvalue weighted by molar-refractivity contribution is 5.67. The third-order valence-corrected chi connectivity index (χ3v) is 4.03. The molecule has 5 nitrogen and oxygen atoms in total. The molecule has 1 amide bonds. The van der Waals surface area contributed by atoms with E-state index >= 15 is 0 Å². The van der Waals surface area contributed by atoms with E-state index in [4.69, 9.17) is 9.47 Å². The molecule has 0 unspecified atom stereocenters. The van der Waals surface area contributed by atoms with E-state index in [1.54, 1.807) is 12.0 Å². The van der Waals surface area contributed by atoms with Crippen LogP contribution in [0.25, 0.3) is 0 Å². The molecule has 1 fully saturated rings. The number of carbonyl (C=O) groups excluding carboxylic acids is 2. The molecule has 1 aromatic rings. The molecule has 0 spiro atoms. The molecule has 0 radical (unpaired) electrons. The smallest absolute Gasteiger partial charge is 0.410 e. The van der Waals surface area contributed by atoms with Crippen LogP contribution in [-0.2, 0) is 20.9 Å². The number of benzene rings is 1. The minimum atomic E-state index is -0.419. The molecule has 0 N–H and O–H groups in total. The highest BCUT2D eigenvalue weighted by atomic mass is 16.6. The first kappa shape index (κ1) is 15.5. The summed E-state index contributed by atoms with van der Waals surface area (Å²) >= 11 is 0. The van der Waals surface area contributed by atoms with E-state index in [1.165, 1.54) is 0 Å². The summed E-state index contributed by atoms with van der Waals surface area (Å²) in [6.07, 6.45) is 2.25. The van der Waals surface area contributed by atoms with Gasteiger partial charge in [0.1, 0.15) is 12.9 Å². The minimum Gasteiger partial charge on any atom is -0.445 e. The molecular formula is C16H21NO4. The van der Waals surface area contributed by atoms with Crippen molar-refractivity contribution in [3.8, 4) is 0 Å². The molecular weight excluding hydrogens is 270 g/mol. The largest absolute Gasteiger partial charge is 0.445 e. The van der Waals surface area contributed by atoms with E-state index in [0.29, 0.717) is 32.4 Å². The normalized spacial score (nSPS) is 17.3. The monoisotopic (exact) mass is 291 g/mol. The number of aldehydes is 1. The SMILES string of the molecule is COC1(CC=O)CCN(C(=O)OCc2ccccc2)CC1. The average molecular weight is 291 g/mol. The zero-order valence-electron chi connectivity index (χ0n) is 12.3. The molecule has 0 aliphatic carbocycles. The quantitative estimate of drug-likeness (QED) is 0.782. The number of hydrogen-bond donors (Lipinski definition) is 0. The van der Waals surface area contributed by atoms with Gasteiger partial charge in [-0.1, -0.05) is 30.3 Å². The van der Waals surface area contributed by atoms with Gasteiger partial charge in [-0.3, -0.25) is 0 Å². The van der Waals surface area contributed by atoms with Crippen LogP contribution in [0.1, 0.15) is 24.8 Å². The van der Waals surface area contributed by atoms with Gasteiger partial charge in [0.05, 0.1) is 5.60 Å². The Morgan fingerprint density at radius 1 is 1.29 bits per heavy atom. The minimum absolute atomic E-state index is 0.278. The number of carbonyl (C=O) groups is 2. The van der Waals surface area contributed by atoms with Crippen LogP contribution in [0.3, 0.4) is 0 Å². The van der Waals surface area contributed by atoms with E-state index in [9.17, 15) is 9.59 Å². The van der Waals surface area contributed by atoms with Crippen LogP contribution >= 0.6 is 0 Å². The molecule has 0 aromatic heterocycles. The number of nitrogens with zero attached hydrogens (tertiary/aromatic N) is 1. The molecule has 1 aromatic carbocycles. The Morgan fingerprint density at radius 2 is 1.95 bits per heavy atom. The molecule has 0 bridgehead atoms. The number of amides is 1. The number of hydrogen-bond acceptors (Lipinski definition) is 4. The Morgan fingerprint density at radius 3 is 2.52 bits per heavy atom. The second-order valence-electron chi connectivity index (χ2n) is 5.29. The van der Waals surface area contributed by atoms with Crippen molar-refractivity contribution in [3.63, 3.8) is 0 Å². The average Bonchev–Trinajstić information content (AvgIpc) is 2.54. The Bertz CT molecular complexity index is 466. The summed E-state index contributed by atoms with van der Waals surface area (Å²) in [7, 11) is 1.62. The van der Waals surface area contributed by atoms with Gasteiger partial charge in [-0.2, -0.15) is 0 Å². The Kier molecular flexibility index (Phi) is 5.33. The van der Waals surface area contributed by atoms with Crippen LogP contribution < -0.4 is 0 Å². The lowest BCUT2D eigenvalue weighted by Gasteiger charge is -2.39. The van der Waals surface area contributed by atoms with Crippen molar-refractivity contribution in [1.29, 1.82) is 0 Å². The summed E-state index contributed by atoms with van der Waals surface area (Å²) in [6.45, 7) is 1.38. The maximum absolute atomic E-state index is 12.0. The van der Waals surface area contributed by atoms with Gasteiger partial charge in [-0.05, 0) is 18.4 Å². The summed E-state index contributed by atoms with van der Waals surface area (Å²) in [6, 6.07) is 9.59. The third kappa shape index (κ3) is 4.04. The maximum atomic E-state index is 12.0. The van der Waals surface area contributed by atoms with E-state index in [1.807, 2.05) is 30.3 Å². The topological polar surface area (TPSA) is 55.8 Å². The molecule has 0 saturated carbocycles. The van der Waals surface area contributed by atoms with Crippen molar-refractivity contribution in [1.82, 2.24) is 4.90 Å². The van der Waals surface area contributed by atoms with Gasteiger partial charge in [0.15, 0.2) is 0 Å². The van der Waals surface area contributed by atoms with E-state index in [-0.39, 0.29) is 12.7 Å². The van der Waals surface area contributed by atoms with Gasteiger partial charge in [0.2, 0.25) is 0 Å². The molecule has 1 aliphatic rings. The molecule has 114 valence electrons. The first-order chi connectivity index (χ1) is 10.2. The summed E-state index contributed by atoms with van der Waals surface area (Å²) in [4.78, 5) is 24.4. The van der Waals surface area contributed by atoms with Gasteiger partial charge in [-0.25, -0.2) is 4.79 Å². The van der Waals surface area contributed by atoms with E-state index in [0.717, 1.165) is 11.8 Å². The summed E-state index contributed by atoms with van der Waals surface area (Å²) in [5, 5.41) is 0. The molecule has 5 heteroatoms. The van der Waals surface area contributed by atoms with Crippen molar-refractivity contribution in [2.45, 2.75) is 31.5 Å². The lowest BCUT2D eigenvalue weighted by molar-refractivity contribution is -0.117. The molecule has 1 aliphatic heterocycles. The third-order valence-electron chi connectivity index (χ3n) is 4.03. The van der Waals surface area contributed by atoms with Gasteiger partial charge in [0.25, 0.3) is 0 Å². The lowest BCUT2D eigenvalue weighted by atomic mass is 9.88. The summed E-state index contributed by atoms with van der Waals surface area (Å²) in [5.41, 5.74) is 0.549. The fourth-order valence-corrected chi connectivity index (χ4v) is 2.55. The molecule has 1 heterocycles. The molecule has 1 saturated heterocycles. The van der Waals surface area contributed by atoms with Crippen LogP contribution in [0, 0.1) is 0 Å². The number of methoxy groups -OCH3 is 1. The lowest BCUT2D eigenvalue weighted by Crippen LogP contribution is -2.48. The molecule has 21 heavy (non-hydrogen) atoms. The second kappa shape index (κ2) is 7.22.